The Hall–Kier alpha value is -3.16. The molecular weight excluding hydrogens is 472 g/mol. The molecule has 0 unspecified atom stereocenters. The van der Waals surface area contributed by atoms with Gasteiger partial charge in [0.25, 0.3) is 0 Å². The molecule has 0 aliphatic carbocycles. The van der Waals surface area contributed by atoms with E-state index in [9.17, 15) is 9.59 Å². The predicted molar refractivity (Wildman–Crippen MR) is 132 cm³/mol. The van der Waals surface area contributed by atoms with Gasteiger partial charge in [0.05, 0.1) is 18.2 Å². The molecule has 0 saturated heterocycles. The van der Waals surface area contributed by atoms with E-state index in [0.29, 0.717) is 29.6 Å². The summed E-state index contributed by atoms with van der Waals surface area (Å²) in [6.45, 7) is 2.69. The number of fused-ring (bicyclic) bond motifs is 2. The van der Waals surface area contributed by atoms with Crippen LogP contribution in [0.3, 0.4) is 0 Å². The van der Waals surface area contributed by atoms with Gasteiger partial charge in [-0.25, -0.2) is 0 Å². The molecule has 2 aliphatic rings. The van der Waals surface area contributed by atoms with Crippen LogP contribution in [0.4, 0.5) is 5.69 Å². The van der Waals surface area contributed by atoms with Gasteiger partial charge in [0, 0.05) is 16.5 Å². The Balaban J connectivity index is 1.32. The lowest BCUT2D eigenvalue weighted by atomic mass is 10.0. The summed E-state index contributed by atoms with van der Waals surface area (Å²) in [4.78, 5) is 29.4. The second-order valence-electron chi connectivity index (χ2n) is 8.22. The van der Waals surface area contributed by atoms with Gasteiger partial charge in [0.2, 0.25) is 18.6 Å². The zero-order valence-corrected chi connectivity index (χ0v) is 20.1. The minimum absolute atomic E-state index is 0.102. The predicted octanol–water partition coefficient (Wildman–Crippen LogP) is 5.03. The number of ether oxygens (including phenoxy) is 2. The Morgan fingerprint density at radius 3 is 2.74 bits per heavy atom. The van der Waals surface area contributed by atoms with Gasteiger partial charge < -0.3 is 19.7 Å². The zero-order chi connectivity index (χ0) is 23.7. The van der Waals surface area contributed by atoms with Crippen LogP contribution in [-0.2, 0) is 22.7 Å². The number of carbonyl (C=O) groups is 2. The molecule has 2 amide bonds. The Kier molecular flexibility index (Phi) is 6.39. The second-order valence-corrected chi connectivity index (χ2v) is 9.81. The number of rotatable bonds is 6. The third-order valence-corrected chi connectivity index (χ3v) is 7.81. The molecule has 174 valence electrons. The van der Waals surface area contributed by atoms with E-state index in [2.05, 4.69) is 5.32 Å². The van der Waals surface area contributed by atoms with Crippen LogP contribution in [0.1, 0.15) is 18.1 Å². The number of hydrogen-bond acceptors (Lipinski definition) is 5. The molecule has 34 heavy (non-hydrogen) atoms. The van der Waals surface area contributed by atoms with Crippen LogP contribution in [0.5, 0.6) is 11.5 Å². The van der Waals surface area contributed by atoms with Crippen molar-refractivity contribution in [3.8, 4) is 11.5 Å². The van der Waals surface area contributed by atoms with Gasteiger partial charge >= 0.3 is 0 Å². The average Bonchev–Trinajstić information content (AvgIpc) is 3.33. The summed E-state index contributed by atoms with van der Waals surface area (Å²) in [5, 5.41) is 3.03. The Morgan fingerprint density at radius 1 is 1.12 bits per heavy atom. The average molecular weight is 495 g/mol. The summed E-state index contributed by atoms with van der Waals surface area (Å²) in [7, 11) is 0. The molecule has 3 aromatic rings. The molecule has 1 N–H and O–H groups in total. The lowest BCUT2D eigenvalue weighted by Gasteiger charge is -2.36. The van der Waals surface area contributed by atoms with Gasteiger partial charge in [-0.1, -0.05) is 54.9 Å². The number of anilines is 1. The number of benzene rings is 3. The van der Waals surface area contributed by atoms with Gasteiger partial charge in [-0.05, 0) is 41.5 Å². The molecule has 2 aliphatic heterocycles. The Labute approximate surface area is 207 Å². The number of nitrogens with zero attached hydrogens (tertiary/aromatic N) is 1. The van der Waals surface area contributed by atoms with E-state index < -0.39 is 11.2 Å². The van der Waals surface area contributed by atoms with Crippen LogP contribution in [0.15, 0.2) is 71.6 Å². The minimum atomic E-state index is -0.547. The monoisotopic (exact) mass is 494 g/mol. The SMILES string of the molecule is C[C@@H](C(=O)NCc1ccc2c(c1)OCO2)[C@@H]1Sc2ccccc2N(Cc2ccccc2Cl)C1=O. The number of thioether (sulfide) groups is 1. The van der Waals surface area contributed by atoms with Crippen molar-refractivity contribution in [2.24, 2.45) is 5.92 Å². The van der Waals surface area contributed by atoms with Gasteiger partial charge in [-0.15, -0.1) is 11.8 Å². The van der Waals surface area contributed by atoms with Gasteiger partial charge in [-0.3, -0.25) is 9.59 Å². The summed E-state index contributed by atoms with van der Waals surface area (Å²) in [6.07, 6.45) is 0. The smallest absolute Gasteiger partial charge is 0.241 e. The fraction of sp³-hybridized carbons (Fsp3) is 0.231. The van der Waals surface area contributed by atoms with Gasteiger partial charge in [-0.2, -0.15) is 0 Å². The van der Waals surface area contributed by atoms with Crippen LogP contribution in [0, 0.1) is 5.92 Å². The third-order valence-electron chi connectivity index (χ3n) is 5.98. The van der Waals surface area contributed by atoms with Crippen LogP contribution >= 0.6 is 23.4 Å². The molecule has 0 radical (unpaired) electrons. The quantitative estimate of drug-likeness (QED) is 0.520. The molecule has 0 bridgehead atoms. The highest BCUT2D eigenvalue weighted by molar-refractivity contribution is 8.01. The number of hydrogen-bond donors (Lipinski definition) is 1. The van der Waals surface area contributed by atoms with Crippen molar-refractivity contribution < 1.29 is 19.1 Å². The van der Waals surface area contributed by atoms with Crippen molar-refractivity contribution >= 4 is 40.9 Å². The van der Waals surface area contributed by atoms with Gasteiger partial charge in [0.15, 0.2) is 11.5 Å². The zero-order valence-electron chi connectivity index (χ0n) is 18.5. The molecule has 2 atom stereocenters. The standard InChI is InChI=1S/C26H23ClN2O4S/c1-16(25(30)28-13-17-10-11-21-22(12-17)33-15-32-21)24-26(31)29(14-18-6-2-3-7-19(18)27)20-8-4-5-9-23(20)34-24/h2-12,16,24H,13-15H2,1H3,(H,28,30)/t16-,24+/m1/s1. The number of carbonyl (C=O) groups excluding carboxylic acids is 2. The fourth-order valence-corrected chi connectivity index (χ4v) is 5.53. The first-order chi connectivity index (χ1) is 16.5. The maximum Gasteiger partial charge on any atom is 0.241 e. The van der Waals surface area contributed by atoms with Crippen molar-refractivity contribution in [1.82, 2.24) is 5.32 Å². The Bertz CT molecular complexity index is 1250. The highest BCUT2D eigenvalue weighted by atomic mass is 35.5. The first kappa shape index (κ1) is 22.6. The first-order valence-electron chi connectivity index (χ1n) is 11.0. The Morgan fingerprint density at radius 2 is 1.88 bits per heavy atom. The van der Waals surface area contributed by atoms with Crippen molar-refractivity contribution in [3.05, 3.63) is 82.9 Å². The van der Waals surface area contributed by atoms with Crippen molar-refractivity contribution in [2.75, 3.05) is 11.7 Å². The summed E-state index contributed by atoms with van der Waals surface area (Å²) in [5.41, 5.74) is 2.60. The van der Waals surface area contributed by atoms with Crippen LogP contribution in [-0.4, -0.2) is 23.9 Å². The summed E-state index contributed by atoms with van der Waals surface area (Å²) >= 11 is 7.81. The minimum Gasteiger partial charge on any atom is -0.454 e. The van der Waals surface area contributed by atoms with E-state index in [1.807, 2.05) is 66.7 Å². The van der Waals surface area contributed by atoms with E-state index in [4.69, 9.17) is 21.1 Å². The van der Waals surface area contributed by atoms with E-state index in [0.717, 1.165) is 21.7 Å². The second kappa shape index (κ2) is 9.60. The molecule has 0 fully saturated rings. The van der Waals surface area contributed by atoms with Crippen molar-refractivity contribution in [1.29, 1.82) is 0 Å². The topological polar surface area (TPSA) is 67.9 Å². The molecule has 2 heterocycles. The van der Waals surface area contributed by atoms with Crippen LogP contribution < -0.4 is 19.7 Å². The maximum atomic E-state index is 13.6. The lowest BCUT2D eigenvalue weighted by Crippen LogP contribution is -2.47. The summed E-state index contributed by atoms with van der Waals surface area (Å²) < 4.78 is 10.7. The normalized spacial score (nSPS) is 17.3. The molecular formula is C26H23ClN2O4S. The first-order valence-corrected chi connectivity index (χ1v) is 12.2. The molecule has 3 aromatic carbocycles. The van der Waals surface area contributed by atoms with E-state index in [1.165, 1.54) is 11.8 Å². The third kappa shape index (κ3) is 4.45. The van der Waals surface area contributed by atoms with Crippen molar-refractivity contribution in [2.45, 2.75) is 30.2 Å². The molecule has 0 aromatic heterocycles. The largest absolute Gasteiger partial charge is 0.454 e. The van der Waals surface area contributed by atoms with Crippen LogP contribution in [0.25, 0.3) is 0 Å². The molecule has 8 heteroatoms. The molecule has 0 saturated carbocycles. The maximum absolute atomic E-state index is 13.6. The summed E-state index contributed by atoms with van der Waals surface area (Å²) in [6, 6.07) is 20.8. The van der Waals surface area contributed by atoms with E-state index >= 15 is 0 Å². The van der Waals surface area contributed by atoms with E-state index in [-0.39, 0.29) is 18.6 Å². The number of amides is 2. The number of halogens is 1. The molecule has 5 rings (SSSR count). The van der Waals surface area contributed by atoms with Crippen molar-refractivity contribution in [3.63, 3.8) is 0 Å². The van der Waals surface area contributed by atoms with Crippen LogP contribution in [0.2, 0.25) is 5.02 Å². The molecule has 0 spiro atoms. The highest BCUT2D eigenvalue weighted by Crippen LogP contribution is 2.42. The van der Waals surface area contributed by atoms with Gasteiger partial charge in [0.1, 0.15) is 5.25 Å². The number of para-hydroxylation sites is 1. The highest BCUT2D eigenvalue weighted by Gasteiger charge is 2.39. The molecule has 6 nitrogen and oxygen atoms in total. The fourth-order valence-electron chi connectivity index (χ4n) is 4.05. The van der Waals surface area contributed by atoms with E-state index in [1.54, 1.807) is 11.8 Å². The number of nitrogens with one attached hydrogen (secondary N) is 1. The summed E-state index contributed by atoms with van der Waals surface area (Å²) in [5.74, 6) is 0.554. The lowest BCUT2D eigenvalue weighted by molar-refractivity contribution is -0.128.